The number of hydrogen-bond acceptors (Lipinski definition) is 4. The van der Waals surface area contributed by atoms with Crippen molar-refractivity contribution in [3.8, 4) is 11.5 Å². The Morgan fingerprint density at radius 2 is 1.63 bits per heavy atom. The van der Waals surface area contributed by atoms with Crippen molar-refractivity contribution < 1.29 is 19.1 Å². The van der Waals surface area contributed by atoms with E-state index in [9.17, 15) is 14.4 Å². The van der Waals surface area contributed by atoms with Gasteiger partial charge in [0.15, 0.2) is 0 Å². The number of carbonyl (C=O) groups is 3. The fourth-order valence-corrected chi connectivity index (χ4v) is 3.47. The molecule has 150 valence electrons. The Bertz CT molecular complexity index is 1130. The van der Waals surface area contributed by atoms with Crippen molar-refractivity contribution in [1.29, 1.82) is 0 Å². The Labute approximate surface area is 173 Å². The maximum Gasteiger partial charge on any atom is 0.259 e. The minimum atomic E-state index is -0.437. The molecular formula is C24H20N2O4. The molecule has 0 saturated heterocycles. The topological polar surface area (TPSA) is 84.5 Å². The van der Waals surface area contributed by atoms with Crippen molar-refractivity contribution in [3.05, 3.63) is 89.5 Å². The molecule has 2 N–H and O–H groups in total. The molecule has 0 unspecified atom stereocenters. The van der Waals surface area contributed by atoms with Crippen LogP contribution in [0.15, 0.2) is 72.8 Å². The summed E-state index contributed by atoms with van der Waals surface area (Å²) in [4.78, 5) is 36.3. The van der Waals surface area contributed by atoms with Gasteiger partial charge in [-0.2, -0.15) is 0 Å². The molecule has 0 saturated carbocycles. The molecule has 0 aromatic heterocycles. The van der Waals surface area contributed by atoms with E-state index in [0.29, 0.717) is 29.2 Å². The van der Waals surface area contributed by atoms with Gasteiger partial charge in [0.05, 0.1) is 17.0 Å². The summed E-state index contributed by atoms with van der Waals surface area (Å²) in [7, 11) is 0. The predicted octanol–water partition coefficient (Wildman–Crippen LogP) is 4.49. The zero-order valence-electron chi connectivity index (χ0n) is 16.3. The second-order valence-corrected chi connectivity index (χ2v) is 6.98. The molecule has 0 spiro atoms. The Kier molecular flexibility index (Phi) is 5.30. The molecule has 30 heavy (non-hydrogen) atoms. The van der Waals surface area contributed by atoms with E-state index in [1.165, 1.54) is 6.07 Å². The number of amides is 3. The highest BCUT2D eigenvalue weighted by molar-refractivity contribution is 6.21. The van der Waals surface area contributed by atoms with Crippen LogP contribution in [0.5, 0.6) is 11.5 Å². The minimum Gasteiger partial charge on any atom is -0.457 e. The maximum absolute atomic E-state index is 12.8. The van der Waals surface area contributed by atoms with Crippen LogP contribution in [0.1, 0.15) is 45.5 Å². The van der Waals surface area contributed by atoms with Crippen molar-refractivity contribution in [1.82, 2.24) is 5.32 Å². The van der Waals surface area contributed by atoms with Gasteiger partial charge < -0.3 is 10.1 Å². The third kappa shape index (κ3) is 3.93. The first kappa shape index (κ1) is 19.4. The van der Waals surface area contributed by atoms with Gasteiger partial charge in [-0.15, -0.1) is 0 Å². The first-order chi connectivity index (χ1) is 14.5. The molecule has 4 rings (SSSR count). The van der Waals surface area contributed by atoms with Gasteiger partial charge in [0.2, 0.25) is 5.91 Å². The monoisotopic (exact) mass is 400 g/mol. The van der Waals surface area contributed by atoms with Gasteiger partial charge in [-0.1, -0.05) is 43.3 Å². The zero-order valence-corrected chi connectivity index (χ0v) is 16.3. The van der Waals surface area contributed by atoms with Crippen LogP contribution in [0.2, 0.25) is 0 Å². The summed E-state index contributed by atoms with van der Waals surface area (Å²) in [6.07, 6.45) is 0.682. The van der Waals surface area contributed by atoms with Gasteiger partial charge in [-0.3, -0.25) is 19.7 Å². The molecule has 1 atom stereocenters. The first-order valence-electron chi connectivity index (χ1n) is 9.68. The third-order valence-corrected chi connectivity index (χ3v) is 4.97. The summed E-state index contributed by atoms with van der Waals surface area (Å²) in [5.41, 5.74) is 2.20. The highest BCUT2D eigenvalue weighted by Crippen LogP contribution is 2.28. The molecule has 0 fully saturated rings. The number of imide groups is 1. The van der Waals surface area contributed by atoms with E-state index in [-0.39, 0.29) is 17.4 Å². The first-order valence-corrected chi connectivity index (χ1v) is 9.68. The van der Waals surface area contributed by atoms with E-state index in [4.69, 9.17) is 4.74 Å². The second-order valence-electron chi connectivity index (χ2n) is 6.98. The summed E-state index contributed by atoms with van der Waals surface area (Å²) < 4.78 is 5.84. The van der Waals surface area contributed by atoms with Crippen LogP contribution in [0.3, 0.4) is 0 Å². The van der Waals surface area contributed by atoms with Gasteiger partial charge in [0.1, 0.15) is 11.5 Å². The Balaban J connectivity index is 1.49. The van der Waals surface area contributed by atoms with E-state index in [2.05, 4.69) is 10.6 Å². The van der Waals surface area contributed by atoms with E-state index in [1.54, 1.807) is 36.4 Å². The standard InChI is InChI=1S/C24H20N2O4/c1-2-19(15-7-4-3-5-8-15)22(27)25-16-9-6-10-17(13-16)30-18-11-12-20-21(14-18)24(29)26-23(20)28/h3-14,19H,2H2,1H3,(H,25,27)(H,26,28,29)/t19-/m1/s1. The molecule has 1 heterocycles. The number of nitrogens with one attached hydrogen (secondary N) is 2. The SMILES string of the molecule is CC[C@@H](C(=O)Nc1cccc(Oc2ccc3c(c2)C(=O)NC3=O)c1)c1ccccc1. The summed E-state index contributed by atoms with van der Waals surface area (Å²) >= 11 is 0. The lowest BCUT2D eigenvalue weighted by molar-refractivity contribution is -0.117. The summed E-state index contributed by atoms with van der Waals surface area (Å²) in [6.45, 7) is 1.98. The van der Waals surface area contributed by atoms with E-state index < -0.39 is 11.8 Å². The fourth-order valence-electron chi connectivity index (χ4n) is 3.47. The number of rotatable bonds is 6. The molecule has 0 radical (unpaired) electrons. The fraction of sp³-hybridized carbons (Fsp3) is 0.125. The van der Waals surface area contributed by atoms with Crippen molar-refractivity contribution >= 4 is 23.4 Å². The molecule has 3 aromatic carbocycles. The molecule has 6 nitrogen and oxygen atoms in total. The Morgan fingerprint density at radius 3 is 2.40 bits per heavy atom. The van der Waals surface area contributed by atoms with Crippen LogP contribution in [-0.4, -0.2) is 17.7 Å². The molecule has 1 aliphatic rings. The number of anilines is 1. The Morgan fingerprint density at radius 1 is 0.900 bits per heavy atom. The van der Waals surface area contributed by atoms with Crippen LogP contribution in [-0.2, 0) is 4.79 Å². The lowest BCUT2D eigenvalue weighted by Gasteiger charge is -2.16. The van der Waals surface area contributed by atoms with Crippen LogP contribution in [0.4, 0.5) is 5.69 Å². The lowest BCUT2D eigenvalue weighted by atomic mass is 9.95. The van der Waals surface area contributed by atoms with Gasteiger partial charge in [0.25, 0.3) is 11.8 Å². The summed E-state index contributed by atoms with van der Waals surface area (Å²) in [6, 6.07) is 21.4. The van der Waals surface area contributed by atoms with Gasteiger partial charge in [-0.05, 0) is 42.3 Å². The number of ether oxygens (including phenoxy) is 1. The number of benzene rings is 3. The molecule has 3 amide bonds. The third-order valence-electron chi connectivity index (χ3n) is 4.97. The molecule has 0 aliphatic carbocycles. The summed E-state index contributed by atoms with van der Waals surface area (Å²) in [5, 5.41) is 5.20. The van der Waals surface area contributed by atoms with E-state index >= 15 is 0 Å². The molecule has 3 aromatic rings. The number of fused-ring (bicyclic) bond motifs is 1. The van der Waals surface area contributed by atoms with Crippen molar-refractivity contribution in [3.63, 3.8) is 0 Å². The maximum atomic E-state index is 12.8. The molecule has 1 aliphatic heterocycles. The number of carbonyl (C=O) groups excluding carboxylic acids is 3. The summed E-state index contributed by atoms with van der Waals surface area (Å²) in [5.74, 6) is -0.247. The normalized spacial score (nSPS) is 13.4. The van der Waals surface area contributed by atoms with Crippen molar-refractivity contribution in [2.75, 3.05) is 5.32 Å². The Hall–Kier alpha value is -3.93. The van der Waals surface area contributed by atoms with Crippen molar-refractivity contribution in [2.24, 2.45) is 0 Å². The molecule has 6 heteroatoms. The number of hydrogen-bond donors (Lipinski definition) is 2. The van der Waals surface area contributed by atoms with Gasteiger partial charge in [0, 0.05) is 11.8 Å². The van der Waals surface area contributed by atoms with Crippen LogP contribution in [0, 0.1) is 0 Å². The average Bonchev–Trinajstić information content (AvgIpc) is 3.03. The van der Waals surface area contributed by atoms with Gasteiger partial charge >= 0.3 is 0 Å². The minimum absolute atomic E-state index is 0.0893. The van der Waals surface area contributed by atoms with E-state index in [0.717, 1.165) is 5.56 Å². The lowest BCUT2D eigenvalue weighted by Crippen LogP contribution is -2.20. The highest BCUT2D eigenvalue weighted by Gasteiger charge is 2.27. The average molecular weight is 400 g/mol. The highest BCUT2D eigenvalue weighted by atomic mass is 16.5. The van der Waals surface area contributed by atoms with Crippen LogP contribution < -0.4 is 15.4 Å². The van der Waals surface area contributed by atoms with Crippen LogP contribution >= 0.6 is 0 Å². The van der Waals surface area contributed by atoms with Crippen molar-refractivity contribution in [2.45, 2.75) is 19.3 Å². The zero-order chi connectivity index (χ0) is 21.1. The smallest absolute Gasteiger partial charge is 0.259 e. The largest absolute Gasteiger partial charge is 0.457 e. The quantitative estimate of drug-likeness (QED) is 0.597. The molecule has 0 bridgehead atoms. The van der Waals surface area contributed by atoms with Gasteiger partial charge in [-0.25, -0.2) is 0 Å². The predicted molar refractivity (Wildman–Crippen MR) is 113 cm³/mol. The van der Waals surface area contributed by atoms with E-state index in [1.807, 2.05) is 37.3 Å². The second kappa shape index (κ2) is 8.21. The molecular weight excluding hydrogens is 380 g/mol. The van der Waals surface area contributed by atoms with Crippen LogP contribution in [0.25, 0.3) is 0 Å².